The molecule has 0 spiro atoms. The van der Waals surface area contributed by atoms with E-state index in [2.05, 4.69) is 41.6 Å². The van der Waals surface area contributed by atoms with Gasteiger partial charge in [-0.3, -0.25) is 5.43 Å². The smallest absolute Gasteiger partial charge is 0.259 e. The normalized spacial score (nSPS) is 11.4. The van der Waals surface area contributed by atoms with E-state index in [-0.39, 0.29) is 0 Å². The summed E-state index contributed by atoms with van der Waals surface area (Å²) in [6.07, 6.45) is 0. The molecule has 0 aliphatic heterocycles. The van der Waals surface area contributed by atoms with Gasteiger partial charge in [-0.15, -0.1) is 0 Å². The first-order chi connectivity index (χ1) is 9.06. The molecule has 1 aromatic carbocycles. The number of aromatic amines is 1. The van der Waals surface area contributed by atoms with Gasteiger partial charge in [0.05, 0.1) is 5.71 Å². The van der Waals surface area contributed by atoms with Gasteiger partial charge in [0.15, 0.2) is 5.82 Å². The monoisotopic (exact) mass is 321 g/mol. The highest BCUT2D eigenvalue weighted by atomic mass is 79.9. The Balaban J connectivity index is 2.20. The largest absolute Gasteiger partial charge is 0.363 e. The maximum atomic E-state index is 11.1. The van der Waals surface area contributed by atoms with Crippen molar-refractivity contribution in [2.24, 2.45) is 5.10 Å². The SMILES string of the molecule is C/C(=N/Nc1nc(=O)[nH]nc1C)c1ccc(Br)cc1. The zero-order valence-corrected chi connectivity index (χ0v) is 12.0. The summed E-state index contributed by atoms with van der Waals surface area (Å²) in [6, 6.07) is 7.77. The number of hydrogen-bond donors (Lipinski definition) is 2. The fourth-order valence-corrected chi connectivity index (χ4v) is 1.65. The summed E-state index contributed by atoms with van der Waals surface area (Å²) in [5.74, 6) is 0.347. The molecule has 0 aliphatic carbocycles. The summed E-state index contributed by atoms with van der Waals surface area (Å²) in [5, 5.41) is 10.3. The quantitative estimate of drug-likeness (QED) is 0.669. The van der Waals surface area contributed by atoms with E-state index in [0.717, 1.165) is 15.7 Å². The van der Waals surface area contributed by atoms with Crippen molar-refractivity contribution in [3.8, 4) is 0 Å². The van der Waals surface area contributed by atoms with Gasteiger partial charge in [0.2, 0.25) is 0 Å². The minimum absolute atomic E-state index is 0.347. The Hall–Kier alpha value is -2.02. The van der Waals surface area contributed by atoms with Crippen molar-refractivity contribution >= 4 is 27.5 Å². The van der Waals surface area contributed by atoms with E-state index in [1.54, 1.807) is 6.92 Å². The molecular weight excluding hydrogens is 310 g/mol. The number of hydrazone groups is 1. The minimum atomic E-state index is -0.510. The molecule has 19 heavy (non-hydrogen) atoms. The summed E-state index contributed by atoms with van der Waals surface area (Å²) >= 11 is 3.38. The zero-order valence-electron chi connectivity index (χ0n) is 10.4. The molecule has 0 bridgehead atoms. The summed E-state index contributed by atoms with van der Waals surface area (Å²) in [7, 11) is 0. The molecule has 2 N–H and O–H groups in total. The van der Waals surface area contributed by atoms with Crippen molar-refractivity contribution in [2.75, 3.05) is 5.43 Å². The van der Waals surface area contributed by atoms with E-state index >= 15 is 0 Å². The Morgan fingerprint density at radius 3 is 2.74 bits per heavy atom. The predicted octanol–water partition coefficient (Wildman–Crippen LogP) is 2.07. The molecule has 0 fully saturated rings. The second kappa shape index (κ2) is 5.75. The van der Waals surface area contributed by atoms with E-state index in [0.29, 0.717) is 11.5 Å². The predicted molar refractivity (Wildman–Crippen MR) is 77.4 cm³/mol. The van der Waals surface area contributed by atoms with Gasteiger partial charge < -0.3 is 0 Å². The van der Waals surface area contributed by atoms with Crippen molar-refractivity contribution in [1.29, 1.82) is 0 Å². The van der Waals surface area contributed by atoms with E-state index in [9.17, 15) is 4.79 Å². The molecule has 7 heteroatoms. The summed E-state index contributed by atoms with van der Waals surface area (Å²) in [6.45, 7) is 3.60. The summed E-state index contributed by atoms with van der Waals surface area (Å²) in [5.41, 5.74) is 4.58. The molecule has 1 aromatic heterocycles. The maximum absolute atomic E-state index is 11.1. The van der Waals surface area contributed by atoms with E-state index < -0.39 is 5.69 Å². The van der Waals surface area contributed by atoms with Gasteiger partial charge in [-0.2, -0.15) is 15.2 Å². The molecule has 0 saturated heterocycles. The molecule has 0 atom stereocenters. The van der Waals surface area contributed by atoms with Gasteiger partial charge in [0, 0.05) is 4.47 Å². The molecule has 2 aromatic rings. The standard InChI is InChI=1S/C12H12BrN5O/c1-7(9-3-5-10(13)6-4-9)15-17-11-8(2)16-18-12(19)14-11/h3-6H,1-2H3,(H2,14,17,18,19)/b15-7-. The highest BCUT2D eigenvalue weighted by Crippen LogP contribution is 2.11. The number of H-pyrrole nitrogens is 1. The van der Waals surface area contributed by atoms with Crippen LogP contribution in [0.1, 0.15) is 18.2 Å². The number of rotatable bonds is 3. The van der Waals surface area contributed by atoms with Crippen LogP contribution in [0.15, 0.2) is 38.6 Å². The molecule has 0 unspecified atom stereocenters. The van der Waals surface area contributed by atoms with Crippen LogP contribution in [0.2, 0.25) is 0 Å². The van der Waals surface area contributed by atoms with E-state index in [1.165, 1.54) is 0 Å². The number of benzene rings is 1. The number of anilines is 1. The molecular formula is C12H12BrN5O. The van der Waals surface area contributed by atoms with Crippen LogP contribution in [-0.2, 0) is 0 Å². The number of halogens is 1. The number of aryl methyl sites for hydroxylation is 1. The van der Waals surface area contributed by atoms with E-state index in [4.69, 9.17) is 0 Å². The van der Waals surface area contributed by atoms with Gasteiger partial charge in [-0.05, 0) is 31.5 Å². The second-order valence-corrected chi connectivity index (χ2v) is 4.81. The highest BCUT2D eigenvalue weighted by molar-refractivity contribution is 9.10. The molecule has 0 amide bonds. The Morgan fingerprint density at radius 2 is 2.05 bits per heavy atom. The Kier molecular flexibility index (Phi) is 4.06. The molecule has 0 saturated carbocycles. The molecule has 0 radical (unpaired) electrons. The first-order valence-corrected chi connectivity index (χ1v) is 6.35. The van der Waals surface area contributed by atoms with Crippen LogP contribution in [0.3, 0.4) is 0 Å². The third-order valence-electron chi connectivity index (χ3n) is 2.47. The summed E-state index contributed by atoms with van der Waals surface area (Å²) in [4.78, 5) is 14.8. The third-order valence-corrected chi connectivity index (χ3v) is 3.00. The van der Waals surface area contributed by atoms with Gasteiger partial charge in [-0.1, -0.05) is 28.1 Å². The lowest BCUT2D eigenvalue weighted by Crippen LogP contribution is -2.16. The van der Waals surface area contributed by atoms with Crippen LogP contribution >= 0.6 is 15.9 Å². The maximum Gasteiger partial charge on any atom is 0.363 e. The van der Waals surface area contributed by atoms with Crippen molar-refractivity contribution in [1.82, 2.24) is 15.2 Å². The van der Waals surface area contributed by atoms with Crippen LogP contribution in [0.5, 0.6) is 0 Å². The van der Waals surface area contributed by atoms with Crippen molar-refractivity contribution in [3.05, 3.63) is 50.5 Å². The fraction of sp³-hybridized carbons (Fsp3) is 0.167. The lowest BCUT2D eigenvalue weighted by molar-refractivity contribution is 0.879. The first-order valence-electron chi connectivity index (χ1n) is 5.56. The minimum Gasteiger partial charge on any atom is -0.259 e. The Bertz CT molecular complexity index is 663. The lowest BCUT2D eigenvalue weighted by atomic mass is 10.1. The van der Waals surface area contributed by atoms with Gasteiger partial charge in [-0.25, -0.2) is 9.89 Å². The third kappa shape index (κ3) is 3.47. The van der Waals surface area contributed by atoms with Gasteiger partial charge in [0.25, 0.3) is 0 Å². The van der Waals surface area contributed by atoms with Crippen LogP contribution in [0, 0.1) is 6.92 Å². The number of hydrogen-bond acceptors (Lipinski definition) is 5. The van der Waals surface area contributed by atoms with Crippen molar-refractivity contribution < 1.29 is 0 Å². The summed E-state index contributed by atoms with van der Waals surface area (Å²) < 4.78 is 1.01. The van der Waals surface area contributed by atoms with Crippen LogP contribution in [0.25, 0.3) is 0 Å². The molecule has 6 nitrogen and oxygen atoms in total. The van der Waals surface area contributed by atoms with Crippen molar-refractivity contribution in [3.63, 3.8) is 0 Å². The molecule has 98 valence electrons. The van der Waals surface area contributed by atoms with Gasteiger partial charge >= 0.3 is 5.69 Å². The molecule has 1 heterocycles. The number of nitrogens with zero attached hydrogens (tertiary/aromatic N) is 3. The number of aromatic nitrogens is 3. The van der Waals surface area contributed by atoms with Crippen LogP contribution < -0.4 is 11.1 Å². The average Bonchev–Trinajstić information content (AvgIpc) is 2.40. The Morgan fingerprint density at radius 1 is 1.37 bits per heavy atom. The second-order valence-electron chi connectivity index (χ2n) is 3.89. The highest BCUT2D eigenvalue weighted by Gasteiger charge is 2.02. The average molecular weight is 322 g/mol. The molecule has 0 aliphatic rings. The van der Waals surface area contributed by atoms with E-state index in [1.807, 2.05) is 31.2 Å². The van der Waals surface area contributed by atoms with Crippen molar-refractivity contribution in [2.45, 2.75) is 13.8 Å². The Labute approximate surface area is 118 Å². The van der Waals surface area contributed by atoms with Crippen LogP contribution in [-0.4, -0.2) is 20.9 Å². The first kappa shape index (κ1) is 13.4. The topological polar surface area (TPSA) is 83.0 Å². The lowest BCUT2D eigenvalue weighted by Gasteiger charge is -2.04. The van der Waals surface area contributed by atoms with Crippen LogP contribution in [0.4, 0.5) is 5.82 Å². The number of nitrogens with one attached hydrogen (secondary N) is 2. The zero-order chi connectivity index (χ0) is 13.8. The van der Waals surface area contributed by atoms with Gasteiger partial charge in [0.1, 0.15) is 5.69 Å². The fourth-order valence-electron chi connectivity index (χ4n) is 1.39. The molecule has 2 rings (SSSR count).